The summed E-state index contributed by atoms with van der Waals surface area (Å²) in [5.74, 6) is 1.74. The van der Waals surface area contributed by atoms with Gasteiger partial charge in [-0.25, -0.2) is 0 Å². The Morgan fingerprint density at radius 1 is 1.38 bits per heavy atom. The first-order valence-electron chi connectivity index (χ1n) is 8.45. The van der Waals surface area contributed by atoms with Crippen LogP contribution in [0.3, 0.4) is 0 Å². The zero-order chi connectivity index (χ0) is 16.7. The van der Waals surface area contributed by atoms with Crippen LogP contribution in [0.4, 0.5) is 0 Å². The van der Waals surface area contributed by atoms with Gasteiger partial charge in [0.1, 0.15) is 0 Å². The summed E-state index contributed by atoms with van der Waals surface area (Å²) in [5, 5.41) is 3.89. The molecule has 1 saturated heterocycles. The molecular formula is C18H21N3O2S. The number of hydrogen-bond acceptors (Lipinski definition) is 5. The number of rotatable bonds is 2. The van der Waals surface area contributed by atoms with Gasteiger partial charge < -0.3 is 9.42 Å². The molecule has 1 amide bonds. The van der Waals surface area contributed by atoms with Crippen LogP contribution in [-0.4, -0.2) is 39.3 Å². The molecule has 0 bridgehead atoms. The summed E-state index contributed by atoms with van der Waals surface area (Å²) in [5.41, 5.74) is 2.55. The lowest BCUT2D eigenvalue weighted by molar-refractivity contribution is -0.131. The third-order valence-corrected chi connectivity index (χ3v) is 6.09. The lowest BCUT2D eigenvalue weighted by atomic mass is 9.97. The zero-order valence-electron chi connectivity index (χ0n) is 14.0. The number of amides is 1. The van der Waals surface area contributed by atoms with E-state index in [9.17, 15) is 4.79 Å². The van der Waals surface area contributed by atoms with Gasteiger partial charge in [0.15, 0.2) is 5.82 Å². The maximum absolute atomic E-state index is 13.0. The molecule has 0 unspecified atom stereocenters. The molecule has 3 heterocycles. The van der Waals surface area contributed by atoms with Crippen molar-refractivity contribution in [3.05, 3.63) is 41.0 Å². The van der Waals surface area contributed by atoms with E-state index in [4.69, 9.17) is 4.52 Å². The van der Waals surface area contributed by atoms with Gasteiger partial charge in [0.2, 0.25) is 11.8 Å². The molecule has 5 nitrogen and oxygen atoms in total. The van der Waals surface area contributed by atoms with Crippen molar-refractivity contribution in [1.82, 2.24) is 15.0 Å². The molecular weight excluding hydrogens is 322 g/mol. The summed E-state index contributed by atoms with van der Waals surface area (Å²) in [6, 6.07) is 6.47. The SMILES string of the molecule is Cc1ccc2c(c1)S[C@@H](C(=O)N1CCC[C@@H](c3nc(C)no3)C1)C2. The number of piperidine rings is 1. The highest BCUT2D eigenvalue weighted by molar-refractivity contribution is 8.01. The van der Waals surface area contributed by atoms with E-state index in [1.165, 1.54) is 16.0 Å². The molecule has 0 saturated carbocycles. The molecule has 4 rings (SSSR count). The fourth-order valence-electron chi connectivity index (χ4n) is 3.53. The van der Waals surface area contributed by atoms with Crippen molar-refractivity contribution in [2.24, 2.45) is 0 Å². The molecule has 2 atom stereocenters. The van der Waals surface area contributed by atoms with Crippen LogP contribution in [0.15, 0.2) is 27.6 Å². The maximum atomic E-state index is 13.0. The summed E-state index contributed by atoms with van der Waals surface area (Å²) in [4.78, 5) is 20.6. The van der Waals surface area contributed by atoms with Crippen molar-refractivity contribution in [2.75, 3.05) is 13.1 Å². The van der Waals surface area contributed by atoms with Crippen LogP contribution < -0.4 is 0 Å². The second kappa shape index (κ2) is 6.24. The molecule has 0 spiro atoms. The Balaban J connectivity index is 1.45. The van der Waals surface area contributed by atoms with Crippen molar-refractivity contribution in [2.45, 2.75) is 49.2 Å². The number of aromatic nitrogens is 2. The third kappa shape index (κ3) is 2.95. The minimum atomic E-state index is 0.00460. The van der Waals surface area contributed by atoms with E-state index >= 15 is 0 Å². The van der Waals surface area contributed by atoms with Gasteiger partial charge in [0, 0.05) is 18.0 Å². The van der Waals surface area contributed by atoms with Crippen LogP contribution in [0.5, 0.6) is 0 Å². The number of carbonyl (C=O) groups excluding carboxylic acids is 1. The van der Waals surface area contributed by atoms with E-state index in [2.05, 4.69) is 35.3 Å². The van der Waals surface area contributed by atoms with Crippen LogP contribution in [-0.2, 0) is 11.2 Å². The highest BCUT2D eigenvalue weighted by Gasteiger charge is 2.35. The lowest BCUT2D eigenvalue weighted by Crippen LogP contribution is -2.43. The van der Waals surface area contributed by atoms with Crippen molar-refractivity contribution < 1.29 is 9.32 Å². The fourth-order valence-corrected chi connectivity index (χ4v) is 4.91. The summed E-state index contributed by atoms with van der Waals surface area (Å²) < 4.78 is 5.32. The molecule has 2 aromatic rings. The van der Waals surface area contributed by atoms with Crippen LogP contribution in [0.1, 0.15) is 41.6 Å². The molecule has 1 aromatic heterocycles. The van der Waals surface area contributed by atoms with Gasteiger partial charge in [-0.3, -0.25) is 4.79 Å². The highest BCUT2D eigenvalue weighted by atomic mass is 32.2. The van der Waals surface area contributed by atoms with Crippen molar-refractivity contribution in [1.29, 1.82) is 0 Å². The van der Waals surface area contributed by atoms with Gasteiger partial charge >= 0.3 is 0 Å². The van der Waals surface area contributed by atoms with E-state index < -0.39 is 0 Å². The van der Waals surface area contributed by atoms with Gasteiger partial charge in [-0.1, -0.05) is 22.9 Å². The molecule has 126 valence electrons. The van der Waals surface area contributed by atoms with Crippen molar-refractivity contribution in [3.8, 4) is 0 Å². The Bertz CT molecular complexity index is 773. The smallest absolute Gasteiger partial charge is 0.236 e. The van der Waals surface area contributed by atoms with Crippen LogP contribution in [0, 0.1) is 13.8 Å². The molecule has 24 heavy (non-hydrogen) atoms. The first-order chi connectivity index (χ1) is 11.6. The van der Waals surface area contributed by atoms with Gasteiger partial charge in [-0.2, -0.15) is 4.98 Å². The van der Waals surface area contributed by atoms with E-state index in [0.29, 0.717) is 18.3 Å². The fraction of sp³-hybridized carbons (Fsp3) is 0.500. The number of aryl methyl sites for hydroxylation is 2. The average molecular weight is 343 g/mol. The zero-order valence-corrected chi connectivity index (χ0v) is 14.8. The minimum Gasteiger partial charge on any atom is -0.341 e. The van der Waals surface area contributed by atoms with Crippen LogP contribution in [0.2, 0.25) is 0 Å². The molecule has 6 heteroatoms. The molecule has 0 aliphatic carbocycles. The Morgan fingerprint density at radius 3 is 3.04 bits per heavy atom. The Kier molecular flexibility index (Phi) is 4.08. The number of carbonyl (C=O) groups is 1. The van der Waals surface area contributed by atoms with Gasteiger partial charge in [0.25, 0.3) is 0 Å². The Hall–Kier alpha value is -1.82. The van der Waals surface area contributed by atoms with Crippen molar-refractivity contribution in [3.63, 3.8) is 0 Å². The number of benzene rings is 1. The summed E-state index contributed by atoms with van der Waals surface area (Å²) in [6.07, 6.45) is 2.82. The predicted octanol–water partition coefficient (Wildman–Crippen LogP) is 3.11. The largest absolute Gasteiger partial charge is 0.341 e. The number of fused-ring (bicyclic) bond motifs is 1. The number of thioether (sulfide) groups is 1. The molecule has 1 fully saturated rings. The van der Waals surface area contributed by atoms with Crippen LogP contribution >= 0.6 is 11.8 Å². The predicted molar refractivity (Wildman–Crippen MR) is 92.1 cm³/mol. The molecule has 1 aromatic carbocycles. The normalized spacial score (nSPS) is 23.3. The standard InChI is InChI=1S/C18H21N3O2S/c1-11-5-6-13-9-16(24-15(13)8-11)18(22)21-7-3-4-14(10-21)17-19-12(2)20-23-17/h5-6,8,14,16H,3-4,7,9-10H2,1-2H3/t14-,16-/m1/s1. The van der Waals surface area contributed by atoms with Crippen molar-refractivity contribution >= 4 is 17.7 Å². The van der Waals surface area contributed by atoms with Crippen LogP contribution in [0.25, 0.3) is 0 Å². The van der Waals surface area contributed by atoms with E-state index in [1.54, 1.807) is 11.8 Å². The molecule has 2 aliphatic rings. The first-order valence-corrected chi connectivity index (χ1v) is 9.33. The van der Waals surface area contributed by atoms with E-state index in [0.717, 1.165) is 25.8 Å². The lowest BCUT2D eigenvalue weighted by Gasteiger charge is -2.32. The summed E-state index contributed by atoms with van der Waals surface area (Å²) >= 11 is 1.71. The number of hydrogen-bond donors (Lipinski definition) is 0. The Labute approximate surface area is 145 Å². The monoisotopic (exact) mass is 343 g/mol. The van der Waals surface area contributed by atoms with E-state index in [-0.39, 0.29) is 17.1 Å². The highest BCUT2D eigenvalue weighted by Crippen LogP contribution is 2.39. The first kappa shape index (κ1) is 15.7. The van der Waals surface area contributed by atoms with Gasteiger partial charge in [0.05, 0.1) is 11.2 Å². The third-order valence-electron chi connectivity index (χ3n) is 4.80. The summed E-state index contributed by atoms with van der Waals surface area (Å²) in [6.45, 7) is 5.44. The quantitative estimate of drug-likeness (QED) is 0.838. The van der Waals surface area contributed by atoms with Gasteiger partial charge in [-0.05, 0) is 44.7 Å². The topological polar surface area (TPSA) is 59.2 Å². The summed E-state index contributed by atoms with van der Waals surface area (Å²) in [7, 11) is 0. The maximum Gasteiger partial charge on any atom is 0.236 e. The molecule has 0 N–H and O–H groups in total. The Morgan fingerprint density at radius 2 is 2.25 bits per heavy atom. The molecule has 0 radical (unpaired) electrons. The number of likely N-dealkylation sites (tertiary alicyclic amines) is 1. The second-order valence-electron chi connectivity index (χ2n) is 6.73. The van der Waals surface area contributed by atoms with Gasteiger partial charge in [-0.15, -0.1) is 11.8 Å². The number of nitrogens with zero attached hydrogens (tertiary/aromatic N) is 3. The molecule has 2 aliphatic heterocycles. The second-order valence-corrected chi connectivity index (χ2v) is 7.97. The minimum absolute atomic E-state index is 0.00460. The average Bonchev–Trinajstić information content (AvgIpc) is 3.20. The van der Waals surface area contributed by atoms with E-state index in [1.807, 2.05) is 11.8 Å².